The molecule has 1 fully saturated rings. The van der Waals surface area contributed by atoms with Crippen LogP contribution in [0.25, 0.3) is 0 Å². The number of nitrogens with one attached hydrogen (secondary N) is 1. The summed E-state index contributed by atoms with van der Waals surface area (Å²) < 4.78 is 11.4. The van der Waals surface area contributed by atoms with E-state index in [2.05, 4.69) is 36.1 Å². The van der Waals surface area contributed by atoms with Gasteiger partial charge in [0, 0.05) is 43.6 Å². The maximum atomic E-state index is 12.3. The zero-order valence-corrected chi connectivity index (χ0v) is 18.3. The number of hydrogen-bond acceptors (Lipinski definition) is 6. The average Bonchev–Trinajstić information content (AvgIpc) is 3.24. The molecule has 0 saturated carbocycles. The van der Waals surface area contributed by atoms with E-state index in [0.717, 1.165) is 48.9 Å². The summed E-state index contributed by atoms with van der Waals surface area (Å²) in [6, 6.07) is 8.46. The van der Waals surface area contributed by atoms with Gasteiger partial charge in [0.1, 0.15) is 18.1 Å². The van der Waals surface area contributed by atoms with Gasteiger partial charge in [-0.3, -0.25) is 9.69 Å². The van der Waals surface area contributed by atoms with Crippen molar-refractivity contribution in [3.05, 3.63) is 45.9 Å². The van der Waals surface area contributed by atoms with E-state index in [1.165, 1.54) is 11.3 Å². The fourth-order valence-electron chi connectivity index (χ4n) is 3.29. The molecule has 6 nitrogen and oxygen atoms in total. The van der Waals surface area contributed by atoms with E-state index in [4.69, 9.17) is 9.47 Å². The quantitative estimate of drug-likeness (QED) is 0.674. The number of carbonyl (C=O) groups is 1. The number of hydrogen-bond donors (Lipinski definition) is 1. The van der Waals surface area contributed by atoms with Crippen LogP contribution < -0.4 is 10.1 Å². The fourth-order valence-corrected chi connectivity index (χ4v) is 4.11. The van der Waals surface area contributed by atoms with E-state index in [9.17, 15) is 4.79 Å². The molecule has 1 amide bonds. The van der Waals surface area contributed by atoms with Crippen LogP contribution >= 0.6 is 11.3 Å². The molecule has 0 aliphatic carbocycles. The summed E-state index contributed by atoms with van der Waals surface area (Å²) in [6.45, 7) is 7.83. The molecule has 29 heavy (non-hydrogen) atoms. The lowest BCUT2D eigenvalue weighted by Crippen LogP contribution is -2.38. The first-order valence-corrected chi connectivity index (χ1v) is 11.1. The monoisotopic (exact) mass is 417 g/mol. The number of thiazole rings is 1. The summed E-state index contributed by atoms with van der Waals surface area (Å²) in [7, 11) is 2.15. The summed E-state index contributed by atoms with van der Waals surface area (Å²) in [5, 5.41) is 5.74. The summed E-state index contributed by atoms with van der Waals surface area (Å²) in [6.07, 6.45) is 2.17. The Morgan fingerprint density at radius 2 is 2.17 bits per heavy atom. The topological polar surface area (TPSA) is 63.7 Å². The van der Waals surface area contributed by atoms with Crippen molar-refractivity contribution in [3.63, 3.8) is 0 Å². The Morgan fingerprint density at radius 1 is 1.38 bits per heavy atom. The standard InChI is InChI=1S/C22H31N3O3S/c1-16(2)22-24-20(15-29-22)21(26)23-14-17-5-4-6-19(13-17)28-12-9-25(3)18-7-10-27-11-8-18/h4-6,13,15-16,18H,7-12,14H2,1-3H3,(H,23,26). The van der Waals surface area contributed by atoms with Gasteiger partial charge in [0.05, 0.1) is 5.01 Å². The first-order valence-electron chi connectivity index (χ1n) is 10.3. The third-order valence-corrected chi connectivity index (χ3v) is 6.27. The van der Waals surface area contributed by atoms with Crippen molar-refractivity contribution >= 4 is 17.2 Å². The van der Waals surface area contributed by atoms with E-state index in [0.29, 0.717) is 30.8 Å². The van der Waals surface area contributed by atoms with Crippen molar-refractivity contribution in [2.75, 3.05) is 33.4 Å². The van der Waals surface area contributed by atoms with Gasteiger partial charge in [-0.1, -0.05) is 26.0 Å². The molecule has 2 aromatic rings. The molecule has 3 rings (SSSR count). The van der Waals surface area contributed by atoms with Crippen LogP contribution in [0.15, 0.2) is 29.6 Å². The summed E-state index contributed by atoms with van der Waals surface area (Å²) in [5.41, 5.74) is 1.50. The van der Waals surface area contributed by atoms with Gasteiger partial charge in [-0.2, -0.15) is 0 Å². The van der Waals surface area contributed by atoms with Gasteiger partial charge in [-0.15, -0.1) is 11.3 Å². The molecule has 1 aromatic carbocycles. The number of nitrogens with zero attached hydrogens (tertiary/aromatic N) is 2. The number of benzene rings is 1. The summed E-state index contributed by atoms with van der Waals surface area (Å²) >= 11 is 1.53. The molecular formula is C22H31N3O3S. The molecule has 1 saturated heterocycles. The molecule has 158 valence electrons. The van der Waals surface area contributed by atoms with Crippen molar-refractivity contribution in [3.8, 4) is 5.75 Å². The normalized spacial score (nSPS) is 15.1. The van der Waals surface area contributed by atoms with Gasteiger partial charge in [-0.25, -0.2) is 4.98 Å². The summed E-state index contributed by atoms with van der Waals surface area (Å²) in [5.74, 6) is 1.02. The van der Waals surface area contributed by atoms with Gasteiger partial charge in [0.15, 0.2) is 0 Å². The highest BCUT2D eigenvalue weighted by atomic mass is 32.1. The Labute approximate surface area is 177 Å². The predicted molar refractivity (Wildman–Crippen MR) is 116 cm³/mol. The Kier molecular flexibility index (Phi) is 8.03. The van der Waals surface area contributed by atoms with Gasteiger partial charge >= 0.3 is 0 Å². The van der Waals surface area contributed by atoms with E-state index >= 15 is 0 Å². The maximum absolute atomic E-state index is 12.3. The van der Waals surface area contributed by atoms with Crippen molar-refractivity contribution in [2.45, 2.75) is 45.2 Å². The van der Waals surface area contributed by atoms with E-state index in [-0.39, 0.29) is 5.91 Å². The number of rotatable bonds is 9. The predicted octanol–water partition coefficient (Wildman–Crippen LogP) is 3.69. The third kappa shape index (κ3) is 6.52. The molecule has 0 spiro atoms. The first-order chi connectivity index (χ1) is 14.0. The fraction of sp³-hybridized carbons (Fsp3) is 0.545. The maximum Gasteiger partial charge on any atom is 0.271 e. The van der Waals surface area contributed by atoms with Gasteiger partial charge in [-0.05, 0) is 37.6 Å². The zero-order valence-electron chi connectivity index (χ0n) is 17.5. The van der Waals surface area contributed by atoms with Crippen molar-refractivity contribution in [1.29, 1.82) is 0 Å². The van der Waals surface area contributed by atoms with E-state index in [1.807, 2.05) is 29.6 Å². The molecule has 0 radical (unpaired) electrons. The molecule has 0 unspecified atom stereocenters. The Bertz CT molecular complexity index is 787. The largest absolute Gasteiger partial charge is 0.492 e. The van der Waals surface area contributed by atoms with Gasteiger partial charge in [0.25, 0.3) is 5.91 Å². The smallest absolute Gasteiger partial charge is 0.271 e. The van der Waals surface area contributed by atoms with Crippen LogP contribution in [0.1, 0.15) is 53.7 Å². The molecule has 0 atom stereocenters. The summed E-state index contributed by atoms with van der Waals surface area (Å²) in [4.78, 5) is 19.1. The minimum Gasteiger partial charge on any atom is -0.492 e. The molecule has 1 aliphatic heterocycles. The highest BCUT2D eigenvalue weighted by Crippen LogP contribution is 2.19. The van der Waals surface area contributed by atoms with Crippen molar-refractivity contribution in [2.24, 2.45) is 0 Å². The molecule has 7 heteroatoms. The van der Waals surface area contributed by atoms with Crippen LogP contribution in [0.3, 0.4) is 0 Å². The van der Waals surface area contributed by atoms with Crippen LogP contribution in [0.2, 0.25) is 0 Å². The molecule has 0 bridgehead atoms. The Balaban J connectivity index is 1.44. The SMILES string of the molecule is CC(C)c1nc(C(=O)NCc2cccc(OCCN(C)C3CCOCC3)c2)cs1. The molecule has 2 heterocycles. The lowest BCUT2D eigenvalue weighted by molar-refractivity contribution is 0.0392. The minimum atomic E-state index is -0.141. The number of aromatic nitrogens is 1. The number of carbonyl (C=O) groups excluding carboxylic acids is 1. The third-order valence-electron chi connectivity index (χ3n) is 5.13. The van der Waals surface area contributed by atoms with Crippen molar-refractivity contribution < 1.29 is 14.3 Å². The first kappa shape index (κ1) is 21.7. The van der Waals surface area contributed by atoms with Gasteiger partial charge < -0.3 is 14.8 Å². The second-order valence-electron chi connectivity index (χ2n) is 7.73. The lowest BCUT2D eigenvalue weighted by atomic mass is 10.1. The highest BCUT2D eigenvalue weighted by Gasteiger charge is 2.18. The Morgan fingerprint density at radius 3 is 2.90 bits per heavy atom. The number of likely N-dealkylation sites (N-methyl/N-ethyl adjacent to an activating group) is 1. The lowest BCUT2D eigenvalue weighted by Gasteiger charge is -2.31. The number of ether oxygens (including phenoxy) is 2. The van der Waals surface area contributed by atoms with E-state index < -0.39 is 0 Å². The molecule has 1 aromatic heterocycles. The van der Waals surface area contributed by atoms with Crippen LogP contribution in [0.4, 0.5) is 0 Å². The van der Waals surface area contributed by atoms with Crippen molar-refractivity contribution in [1.82, 2.24) is 15.2 Å². The van der Waals surface area contributed by atoms with Crippen LogP contribution in [-0.4, -0.2) is 55.2 Å². The minimum absolute atomic E-state index is 0.141. The second kappa shape index (κ2) is 10.7. The Hall–Kier alpha value is -1.96. The highest BCUT2D eigenvalue weighted by molar-refractivity contribution is 7.09. The molecular weight excluding hydrogens is 386 g/mol. The number of amides is 1. The molecule has 1 aliphatic rings. The van der Waals surface area contributed by atoms with Crippen LogP contribution in [-0.2, 0) is 11.3 Å². The zero-order chi connectivity index (χ0) is 20.6. The van der Waals surface area contributed by atoms with Crippen LogP contribution in [0.5, 0.6) is 5.75 Å². The second-order valence-corrected chi connectivity index (χ2v) is 8.62. The molecule has 1 N–H and O–H groups in total. The average molecular weight is 418 g/mol. The van der Waals surface area contributed by atoms with Crippen LogP contribution in [0, 0.1) is 0 Å². The van der Waals surface area contributed by atoms with Gasteiger partial charge in [0.2, 0.25) is 0 Å². The van der Waals surface area contributed by atoms with E-state index in [1.54, 1.807) is 0 Å².